The van der Waals surface area contributed by atoms with Gasteiger partial charge in [0.2, 0.25) is 5.91 Å². The smallest absolute Gasteiger partial charge is 0.389 e. The molecule has 0 saturated carbocycles. The lowest BCUT2D eigenvalue weighted by Gasteiger charge is -2.20. The number of amides is 1. The molecule has 0 aromatic heterocycles. The van der Waals surface area contributed by atoms with Crippen LogP contribution in [-0.4, -0.2) is 41.1 Å². The van der Waals surface area contributed by atoms with Crippen molar-refractivity contribution < 1.29 is 27.9 Å². The van der Waals surface area contributed by atoms with Gasteiger partial charge in [0.25, 0.3) is 0 Å². The summed E-state index contributed by atoms with van der Waals surface area (Å²) in [7, 11) is 0. The first kappa shape index (κ1) is 13.8. The zero-order chi connectivity index (χ0) is 13.3. The van der Waals surface area contributed by atoms with Crippen LogP contribution in [0.5, 0.6) is 0 Å². The molecule has 7 heteroatoms. The van der Waals surface area contributed by atoms with Crippen molar-refractivity contribution in [2.75, 3.05) is 13.1 Å². The van der Waals surface area contributed by atoms with E-state index in [1.165, 1.54) is 11.8 Å². The van der Waals surface area contributed by atoms with Crippen LogP contribution in [0.1, 0.15) is 26.2 Å². The molecular weight excluding hydrogens is 239 g/mol. The molecular formula is C10H14F3NO3. The van der Waals surface area contributed by atoms with Crippen LogP contribution < -0.4 is 0 Å². The molecule has 17 heavy (non-hydrogen) atoms. The van der Waals surface area contributed by atoms with Crippen molar-refractivity contribution >= 4 is 11.9 Å². The second kappa shape index (κ2) is 4.54. The van der Waals surface area contributed by atoms with Crippen molar-refractivity contribution in [3.05, 3.63) is 0 Å². The fourth-order valence-corrected chi connectivity index (χ4v) is 1.76. The Labute approximate surface area is 96.4 Å². The number of carboxylic acids is 1. The lowest BCUT2D eigenvalue weighted by atomic mass is 9.90. The molecule has 0 aliphatic carbocycles. The van der Waals surface area contributed by atoms with Crippen LogP contribution in [0.4, 0.5) is 13.2 Å². The summed E-state index contributed by atoms with van der Waals surface area (Å²) in [4.78, 5) is 23.5. The number of carboxylic acid groups (broad SMARTS) is 1. The lowest BCUT2D eigenvalue weighted by Crippen LogP contribution is -2.35. The third kappa shape index (κ3) is 3.61. The van der Waals surface area contributed by atoms with Crippen molar-refractivity contribution in [3.63, 3.8) is 0 Å². The molecule has 1 N–H and O–H groups in total. The Bertz CT molecular complexity index is 329. The minimum absolute atomic E-state index is 0.0149. The van der Waals surface area contributed by atoms with Crippen LogP contribution in [0.25, 0.3) is 0 Å². The minimum Gasteiger partial charge on any atom is -0.481 e. The SMILES string of the molecule is CC1(C(=O)O)CCN(C(=O)CCC(F)(F)F)C1. The molecule has 4 nitrogen and oxygen atoms in total. The third-order valence-corrected chi connectivity index (χ3v) is 2.96. The quantitative estimate of drug-likeness (QED) is 0.832. The van der Waals surface area contributed by atoms with Crippen LogP contribution in [0.3, 0.4) is 0 Å². The van der Waals surface area contributed by atoms with Crippen LogP contribution in [-0.2, 0) is 9.59 Å². The van der Waals surface area contributed by atoms with Crippen molar-refractivity contribution in [2.24, 2.45) is 5.41 Å². The van der Waals surface area contributed by atoms with E-state index in [0.29, 0.717) is 0 Å². The number of nitrogens with zero attached hydrogens (tertiary/aromatic N) is 1. The van der Waals surface area contributed by atoms with Crippen molar-refractivity contribution in [2.45, 2.75) is 32.4 Å². The maximum atomic E-state index is 11.9. The number of hydrogen-bond donors (Lipinski definition) is 1. The van der Waals surface area contributed by atoms with E-state index >= 15 is 0 Å². The molecule has 1 atom stereocenters. The van der Waals surface area contributed by atoms with Crippen LogP contribution >= 0.6 is 0 Å². The van der Waals surface area contributed by atoms with Gasteiger partial charge < -0.3 is 10.0 Å². The minimum atomic E-state index is -4.36. The highest BCUT2D eigenvalue weighted by Crippen LogP contribution is 2.31. The summed E-state index contributed by atoms with van der Waals surface area (Å²) in [6.45, 7) is 1.69. The number of likely N-dealkylation sites (tertiary alicyclic amines) is 1. The summed E-state index contributed by atoms with van der Waals surface area (Å²) in [5.41, 5.74) is -1.03. The Kier molecular flexibility index (Phi) is 3.68. The van der Waals surface area contributed by atoms with E-state index in [0.717, 1.165) is 0 Å². The van der Waals surface area contributed by atoms with Gasteiger partial charge in [-0.3, -0.25) is 9.59 Å². The average Bonchev–Trinajstić information content (AvgIpc) is 2.58. The first-order chi connectivity index (χ1) is 7.64. The summed E-state index contributed by atoms with van der Waals surface area (Å²) in [5.74, 6) is -1.66. The fourth-order valence-electron chi connectivity index (χ4n) is 1.76. The van der Waals surface area contributed by atoms with Gasteiger partial charge in [0, 0.05) is 19.5 Å². The maximum absolute atomic E-state index is 11.9. The summed E-state index contributed by atoms with van der Waals surface area (Å²) in [6, 6.07) is 0. The molecule has 0 radical (unpaired) electrons. The number of carbonyl (C=O) groups excluding carboxylic acids is 1. The molecule has 1 heterocycles. The molecule has 1 aliphatic rings. The molecule has 1 unspecified atom stereocenters. The molecule has 1 saturated heterocycles. The summed E-state index contributed by atoms with van der Waals surface area (Å²) in [6.07, 6.45) is -5.85. The first-order valence-corrected chi connectivity index (χ1v) is 5.22. The topological polar surface area (TPSA) is 57.6 Å². The fraction of sp³-hybridized carbons (Fsp3) is 0.800. The Morgan fingerprint density at radius 1 is 1.41 bits per heavy atom. The summed E-state index contributed by atoms with van der Waals surface area (Å²) in [5, 5.41) is 8.91. The van der Waals surface area contributed by atoms with Gasteiger partial charge >= 0.3 is 12.1 Å². The Morgan fingerprint density at radius 3 is 2.41 bits per heavy atom. The molecule has 0 aromatic rings. The molecule has 1 aliphatic heterocycles. The van der Waals surface area contributed by atoms with E-state index in [1.54, 1.807) is 0 Å². The molecule has 1 fully saturated rings. The highest BCUT2D eigenvalue weighted by Gasteiger charge is 2.42. The standard InChI is InChI=1S/C10H14F3NO3/c1-9(8(16)17)4-5-14(6-9)7(15)2-3-10(11,12)13/h2-6H2,1H3,(H,16,17). The van der Waals surface area contributed by atoms with Crippen LogP contribution in [0, 0.1) is 5.41 Å². The largest absolute Gasteiger partial charge is 0.481 e. The molecule has 0 spiro atoms. The highest BCUT2D eigenvalue weighted by molar-refractivity contribution is 5.80. The second-order valence-electron chi connectivity index (χ2n) is 4.55. The number of aliphatic carboxylic acids is 1. The van der Waals surface area contributed by atoms with Gasteiger partial charge in [0.05, 0.1) is 11.8 Å². The van der Waals surface area contributed by atoms with Crippen LogP contribution in [0.15, 0.2) is 0 Å². The summed E-state index contributed by atoms with van der Waals surface area (Å²) >= 11 is 0. The molecule has 0 bridgehead atoms. The number of carbonyl (C=O) groups is 2. The van der Waals surface area contributed by atoms with E-state index in [9.17, 15) is 22.8 Å². The van der Waals surface area contributed by atoms with E-state index in [1.807, 2.05) is 0 Å². The van der Waals surface area contributed by atoms with Crippen molar-refractivity contribution in [3.8, 4) is 0 Å². The maximum Gasteiger partial charge on any atom is 0.389 e. The molecule has 98 valence electrons. The molecule has 0 aromatic carbocycles. The van der Waals surface area contributed by atoms with E-state index in [-0.39, 0.29) is 19.5 Å². The van der Waals surface area contributed by atoms with Gasteiger partial charge in [-0.25, -0.2) is 0 Å². The highest BCUT2D eigenvalue weighted by atomic mass is 19.4. The zero-order valence-electron chi connectivity index (χ0n) is 9.38. The average molecular weight is 253 g/mol. The van der Waals surface area contributed by atoms with Gasteiger partial charge in [-0.2, -0.15) is 13.2 Å². The monoisotopic (exact) mass is 253 g/mol. The number of hydrogen-bond acceptors (Lipinski definition) is 2. The first-order valence-electron chi connectivity index (χ1n) is 5.22. The van der Waals surface area contributed by atoms with E-state index in [4.69, 9.17) is 5.11 Å². The zero-order valence-corrected chi connectivity index (χ0v) is 9.38. The molecule has 1 amide bonds. The van der Waals surface area contributed by atoms with Crippen molar-refractivity contribution in [1.82, 2.24) is 4.90 Å². The van der Waals surface area contributed by atoms with Gasteiger partial charge in [0.1, 0.15) is 0 Å². The van der Waals surface area contributed by atoms with Gasteiger partial charge in [-0.05, 0) is 13.3 Å². The normalized spacial score (nSPS) is 25.1. The Hall–Kier alpha value is -1.27. The third-order valence-electron chi connectivity index (χ3n) is 2.96. The number of halogens is 3. The second-order valence-corrected chi connectivity index (χ2v) is 4.55. The van der Waals surface area contributed by atoms with Gasteiger partial charge in [0.15, 0.2) is 0 Å². The predicted octanol–water partition coefficient (Wildman–Crippen LogP) is 1.65. The van der Waals surface area contributed by atoms with Gasteiger partial charge in [-0.1, -0.05) is 0 Å². The van der Waals surface area contributed by atoms with Crippen molar-refractivity contribution in [1.29, 1.82) is 0 Å². The summed E-state index contributed by atoms with van der Waals surface area (Å²) < 4.78 is 35.8. The van der Waals surface area contributed by atoms with Gasteiger partial charge in [-0.15, -0.1) is 0 Å². The number of rotatable bonds is 3. The van der Waals surface area contributed by atoms with E-state index < -0.39 is 36.3 Å². The lowest BCUT2D eigenvalue weighted by molar-refractivity contribution is -0.150. The van der Waals surface area contributed by atoms with E-state index in [2.05, 4.69) is 0 Å². The Balaban J connectivity index is 2.49. The number of alkyl halides is 3. The van der Waals surface area contributed by atoms with Crippen LogP contribution in [0.2, 0.25) is 0 Å². The predicted molar refractivity (Wildman–Crippen MR) is 52.2 cm³/mol. The Morgan fingerprint density at radius 2 is 2.00 bits per heavy atom. The molecule has 1 rings (SSSR count).